The Morgan fingerprint density at radius 3 is 0.831 bits per heavy atom. The normalized spacial score (nSPS) is 9.15. The predicted octanol–water partition coefficient (Wildman–Crippen LogP) is 18.7. The van der Waals surface area contributed by atoms with Gasteiger partial charge in [0, 0.05) is 61.1 Å². The zero-order valence-corrected chi connectivity index (χ0v) is 79.2. The number of carboxylic acids is 1. The highest BCUT2D eigenvalue weighted by atomic mass is 17.2. The number of aliphatic hydroxyl groups is 1. The summed E-state index contributed by atoms with van der Waals surface area (Å²) < 4.78 is 65.5. The number of methoxy groups -OCH3 is 2. The molecule has 0 atom stereocenters. The van der Waals surface area contributed by atoms with Crippen LogP contribution in [0.3, 0.4) is 0 Å². The molecule has 32 nitrogen and oxygen atoms in total. The fourth-order valence-electron chi connectivity index (χ4n) is 8.30. The average Bonchev–Trinajstić information content (AvgIpc) is 0.800. The zero-order chi connectivity index (χ0) is 103. The van der Waals surface area contributed by atoms with Crippen LogP contribution >= 0.6 is 0 Å². The second-order valence-corrected chi connectivity index (χ2v) is 27.2. The number of carboxylic acid groups (broad SMARTS) is 1. The summed E-state index contributed by atoms with van der Waals surface area (Å²) >= 11 is 0. The molecule has 0 unspecified atom stereocenters. The molecule has 0 heterocycles. The van der Waals surface area contributed by atoms with Crippen LogP contribution in [0.25, 0.3) is 44.5 Å². The summed E-state index contributed by atoms with van der Waals surface area (Å²) in [5.74, 6) is -5.85. The van der Waals surface area contributed by atoms with Crippen molar-refractivity contribution in [2.75, 3.05) is 67.6 Å². The first-order valence-corrected chi connectivity index (χ1v) is 40.5. The van der Waals surface area contributed by atoms with Gasteiger partial charge in [-0.3, -0.25) is 33.7 Å². The molecular formula is C104H120O32. The van der Waals surface area contributed by atoms with Gasteiger partial charge in [0.05, 0.1) is 37.5 Å². The Labute approximate surface area is 793 Å². The molecule has 0 bridgehead atoms. The van der Waals surface area contributed by atoms with Crippen LogP contribution in [-0.4, -0.2) is 162 Å². The maximum Gasteiger partial charge on any atom is 0.338 e. The van der Waals surface area contributed by atoms with E-state index in [1.54, 1.807) is 93.6 Å². The minimum absolute atomic E-state index is 0.0130. The minimum Gasteiger partial charge on any atom is -0.481 e. The van der Waals surface area contributed by atoms with Crippen LogP contribution in [0.1, 0.15) is 117 Å². The van der Waals surface area contributed by atoms with Gasteiger partial charge < -0.3 is 76.5 Å². The van der Waals surface area contributed by atoms with Crippen LogP contribution < -0.4 is 9.47 Å². The summed E-state index contributed by atoms with van der Waals surface area (Å²) in [6, 6.07) is 69.1. The van der Waals surface area contributed by atoms with Gasteiger partial charge in [0.1, 0.15) is 44.5 Å². The van der Waals surface area contributed by atoms with E-state index in [-0.39, 0.29) is 92.4 Å². The maximum atomic E-state index is 12.7. The van der Waals surface area contributed by atoms with Gasteiger partial charge in [-0.15, -0.1) is 6.58 Å². The summed E-state index contributed by atoms with van der Waals surface area (Å²) in [6.45, 7) is 49.2. The van der Waals surface area contributed by atoms with E-state index in [0.29, 0.717) is 46.0 Å². The van der Waals surface area contributed by atoms with Gasteiger partial charge in [-0.25, -0.2) is 38.4 Å². The van der Waals surface area contributed by atoms with Crippen molar-refractivity contribution in [1.29, 1.82) is 0 Å². The number of benzene rings is 8. The Hall–Kier alpha value is -16.5. The van der Waals surface area contributed by atoms with E-state index in [0.717, 1.165) is 18.1 Å². The first-order chi connectivity index (χ1) is 64.3. The molecule has 8 rings (SSSR count). The van der Waals surface area contributed by atoms with Gasteiger partial charge in [0.2, 0.25) is 13.6 Å². The Bertz CT molecular complexity index is 4800. The summed E-state index contributed by atoms with van der Waals surface area (Å²) in [7, 11) is 2.69. The fraction of sp³-hybridized carbons (Fsp3) is 0.231. The Kier molecular flexibility index (Phi) is 68.4. The molecule has 0 aliphatic heterocycles. The summed E-state index contributed by atoms with van der Waals surface area (Å²) in [4.78, 5) is 160. The Morgan fingerprint density at radius 1 is 0.324 bits per heavy atom. The highest BCUT2D eigenvalue weighted by Gasteiger charge is 2.21. The lowest BCUT2D eigenvalue weighted by atomic mass is 9.95. The van der Waals surface area contributed by atoms with Crippen LogP contribution in [0, 0.1) is 0 Å². The van der Waals surface area contributed by atoms with Gasteiger partial charge in [-0.2, -0.15) is 4.89 Å². The van der Waals surface area contributed by atoms with Gasteiger partial charge in [0.15, 0.2) is 6.79 Å². The predicted molar refractivity (Wildman–Crippen MR) is 510 cm³/mol. The SMILES string of the molecule is C=C(C)C.C=C(C)C(=O)OCCOC(=O)c1ccccc1-c1ccccc1C(=O)OCCOC(=O)C(=C)C.C=C(C)C(=O)OCOC(C)=O.C=C(C)C(=O)OCOC(C)=O.C=C(C)C(=O)Oc1ccc(-c2ccc(OC(=O)C(=C)C)cc2)cc1.C=C(C)OC(=O)CCOC(C)=O.C=C(OC)OOCO.CC(=O)O.COC=O.c1ccc(-c2ccccc2)cc1.c1ccc(-c2ccccc2)cc1. The highest BCUT2D eigenvalue weighted by molar-refractivity contribution is 6.03. The molecule has 8 aromatic carbocycles. The average molecular weight is 1880 g/mol. The van der Waals surface area contributed by atoms with Crippen LogP contribution in [0.2, 0.25) is 0 Å². The quantitative estimate of drug-likeness (QED) is 0.00330. The monoisotopic (exact) mass is 1880 g/mol. The van der Waals surface area contributed by atoms with E-state index < -0.39 is 84.4 Å². The van der Waals surface area contributed by atoms with Crippen LogP contribution in [0.15, 0.2) is 328 Å². The van der Waals surface area contributed by atoms with E-state index in [1.807, 2.05) is 62.4 Å². The van der Waals surface area contributed by atoms with Crippen LogP contribution in [0.4, 0.5) is 0 Å². The van der Waals surface area contributed by atoms with Crippen molar-refractivity contribution in [2.24, 2.45) is 0 Å². The van der Waals surface area contributed by atoms with Crippen LogP contribution in [0.5, 0.6) is 11.5 Å². The maximum absolute atomic E-state index is 12.7. The lowest BCUT2D eigenvalue weighted by Crippen LogP contribution is -2.16. The van der Waals surface area contributed by atoms with E-state index in [2.05, 4.69) is 204 Å². The van der Waals surface area contributed by atoms with Gasteiger partial charge >= 0.3 is 77.6 Å². The molecule has 0 aliphatic carbocycles. The lowest BCUT2D eigenvalue weighted by molar-refractivity contribution is -0.322. The fourth-order valence-corrected chi connectivity index (χ4v) is 8.30. The smallest absolute Gasteiger partial charge is 0.338 e. The van der Waals surface area contributed by atoms with Gasteiger partial charge in [-0.05, 0) is 150 Å². The van der Waals surface area contributed by atoms with Crippen molar-refractivity contribution in [3.8, 4) is 56.0 Å². The first-order valence-electron chi connectivity index (χ1n) is 40.5. The Morgan fingerprint density at radius 2 is 0.581 bits per heavy atom. The van der Waals surface area contributed by atoms with Crippen molar-refractivity contribution in [2.45, 2.75) is 96.4 Å². The number of rotatable bonds is 33. The van der Waals surface area contributed by atoms with Crippen LogP contribution in [-0.2, 0) is 124 Å². The highest BCUT2D eigenvalue weighted by Crippen LogP contribution is 2.30. The molecule has 0 fully saturated rings. The number of aliphatic carboxylic acids is 1. The molecule has 0 aromatic heterocycles. The lowest BCUT2D eigenvalue weighted by Gasteiger charge is -2.13. The molecule has 32 heteroatoms. The van der Waals surface area contributed by atoms with Crippen molar-refractivity contribution in [1.82, 2.24) is 0 Å². The largest absolute Gasteiger partial charge is 0.481 e. The molecule has 0 saturated heterocycles. The van der Waals surface area contributed by atoms with Gasteiger partial charge in [-0.1, -0.05) is 234 Å². The third-order valence-electron chi connectivity index (χ3n) is 14.3. The van der Waals surface area contributed by atoms with E-state index in [1.165, 1.54) is 90.5 Å². The molecule has 0 amide bonds. The van der Waals surface area contributed by atoms with E-state index >= 15 is 0 Å². The molecular weight excluding hydrogens is 1760 g/mol. The number of hydrogen-bond acceptors (Lipinski definition) is 31. The van der Waals surface area contributed by atoms with Crippen molar-refractivity contribution >= 4 is 84.1 Å². The topological polar surface area (TPSA) is 427 Å². The molecule has 0 aliphatic rings. The standard InChI is InChI=1S/C26H26O8.C20H18O4.2C12H10.C8H12O4.2C7H10O4.C4H8O4.C4H8.2C2H4O2/c1-17(2)23(27)31-13-15-33-25(29)21-11-7-5-9-19(21)20-10-6-8-12-22(20)26(30)34-16-14-32-24(28)18(3)4;1-13(2)19(21)23-17-9-5-15(6-10-17)16-7-11-18(12-8-16)24-20(22)14(3)4;2*1-3-7-11(8-4-1)12-9-5-2-6-10-12;1-6(2)12-8(10)4-5-11-7(3)9;2*1-5(2)7(9)11-4-10-6(3)8;1-4(6-2)8-7-3-5;1-4(2)3;1-4-2-3;1-2(3)4/h5-12H,1,3,13-16H2,2,4H3;5-12H,1,3H2,2,4H3;2*1-10H;1,4-5H2,2-3H3;2*1,4H2,2-3H3;5H,1,3H2,2H3;1H2,2-3H3;2H,1H3;1H3,(H,3,4). The Balaban J connectivity index is -0.00000153. The van der Waals surface area contributed by atoms with E-state index in [9.17, 15) is 57.5 Å². The third-order valence-corrected chi connectivity index (χ3v) is 14.3. The number of ether oxygens (including phenoxy) is 14. The van der Waals surface area contributed by atoms with Gasteiger partial charge in [0.25, 0.3) is 12.4 Å². The molecule has 0 saturated carbocycles. The summed E-state index contributed by atoms with van der Waals surface area (Å²) in [6.07, 6.45) is 0.0619. The molecule has 0 radical (unpaired) electrons. The second-order valence-electron chi connectivity index (χ2n) is 27.2. The number of hydrogen-bond donors (Lipinski definition) is 2. The number of carbonyl (C=O) groups excluding carboxylic acids is 13. The molecule has 728 valence electrons. The third kappa shape index (κ3) is 65.1. The molecule has 8 aromatic rings. The molecule has 2 N–H and O–H groups in total. The number of esters is 12. The zero-order valence-electron chi connectivity index (χ0n) is 79.2. The summed E-state index contributed by atoms with van der Waals surface area (Å²) in [5, 5.41) is 15.4. The first kappa shape index (κ1) is 124. The number of aliphatic hydroxyl groups excluding tert-OH is 1. The van der Waals surface area contributed by atoms with E-state index in [4.69, 9.17) is 48.2 Å². The second kappa shape index (κ2) is 75.2. The molecule has 0 spiro atoms. The van der Waals surface area contributed by atoms with Crippen molar-refractivity contribution in [3.05, 3.63) is 339 Å². The number of allylic oxidation sites excluding steroid dienone is 2. The minimum atomic E-state index is -0.833. The summed E-state index contributed by atoms with van der Waals surface area (Å²) in [5.41, 5.74) is 11.3. The van der Waals surface area contributed by atoms with Crippen molar-refractivity contribution < 1.29 is 153 Å². The molecule has 136 heavy (non-hydrogen) atoms. The number of carbonyl (C=O) groups is 14. The van der Waals surface area contributed by atoms with Crippen molar-refractivity contribution in [3.63, 3.8) is 0 Å².